The molecule has 1 heterocycles. The fourth-order valence-corrected chi connectivity index (χ4v) is 2.23. The molecule has 2 rings (SSSR count). The van der Waals surface area contributed by atoms with Crippen LogP contribution in [0.2, 0.25) is 0 Å². The Bertz CT molecular complexity index is 519. The maximum Gasteiger partial charge on any atom is 0.416 e. The summed E-state index contributed by atoms with van der Waals surface area (Å²) in [7, 11) is 0. The molecule has 0 spiro atoms. The minimum Gasteiger partial charge on any atom is -0.380 e. The molecule has 1 aromatic rings. The number of rotatable bonds is 3. The Kier molecular flexibility index (Phi) is 5.71. The quantitative estimate of drug-likeness (QED) is 0.869. The van der Waals surface area contributed by atoms with E-state index in [1.165, 1.54) is 12.1 Å². The first-order valence-corrected chi connectivity index (χ1v) is 6.25. The Balaban J connectivity index is 0.00000220. The fraction of sp³-hybridized carbons (Fsp3) is 0.357. The summed E-state index contributed by atoms with van der Waals surface area (Å²) in [5.41, 5.74) is -0.266. The summed E-state index contributed by atoms with van der Waals surface area (Å²) >= 11 is 0. The summed E-state index contributed by atoms with van der Waals surface area (Å²) in [6, 6.07) is 5.04. The van der Waals surface area contributed by atoms with Crippen molar-refractivity contribution in [3.8, 4) is 0 Å². The van der Waals surface area contributed by atoms with Gasteiger partial charge in [0.05, 0.1) is 5.56 Å². The maximum atomic E-state index is 12.6. The summed E-state index contributed by atoms with van der Waals surface area (Å²) in [4.78, 5) is 13.1. The second-order valence-electron chi connectivity index (χ2n) is 4.70. The van der Waals surface area contributed by atoms with Crippen molar-refractivity contribution in [3.05, 3.63) is 42.5 Å². The molecule has 0 aromatic heterocycles. The van der Waals surface area contributed by atoms with Gasteiger partial charge in [0.1, 0.15) is 0 Å². The van der Waals surface area contributed by atoms with Gasteiger partial charge in [0.15, 0.2) is 0 Å². The largest absolute Gasteiger partial charge is 0.416 e. The lowest BCUT2D eigenvalue weighted by Crippen LogP contribution is -2.30. The average molecular weight is 318 g/mol. The molecule has 1 amide bonds. The second kappa shape index (κ2) is 6.89. The van der Waals surface area contributed by atoms with E-state index in [4.69, 9.17) is 0 Å². The van der Waals surface area contributed by atoms with E-state index in [-0.39, 0.29) is 25.4 Å². The van der Waals surface area contributed by atoms with Gasteiger partial charge < -0.3 is 10.2 Å². The van der Waals surface area contributed by atoms with Gasteiger partial charge in [0, 0.05) is 24.8 Å². The summed E-state index contributed by atoms with van der Waals surface area (Å²) in [5, 5.41) is 3.03. The molecule has 1 aliphatic heterocycles. The molecule has 1 fully saturated rings. The van der Waals surface area contributed by atoms with Crippen molar-refractivity contribution < 1.29 is 18.0 Å². The summed E-state index contributed by atoms with van der Waals surface area (Å²) in [6.45, 7) is 4.47. The molecule has 21 heavy (non-hydrogen) atoms. The van der Waals surface area contributed by atoms with Crippen LogP contribution in [0.5, 0.6) is 0 Å². The third-order valence-electron chi connectivity index (χ3n) is 3.24. The average Bonchev–Trinajstić information content (AvgIpc) is 2.85. The molecule has 0 aliphatic carbocycles. The topological polar surface area (TPSA) is 32.3 Å². The monoisotopic (exact) mass is 318 g/mol. The summed E-state index contributed by atoms with van der Waals surface area (Å²) < 4.78 is 37.8. The van der Waals surface area contributed by atoms with Crippen molar-refractivity contribution in [2.75, 3.05) is 18.4 Å². The Morgan fingerprint density at radius 1 is 1.43 bits per heavy atom. The number of carbonyl (C=O) groups is 1. The van der Waals surface area contributed by atoms with Crippen LogP contribution in [0.3, 0.4) is 0 Å². The van der Waals surface area contributed by atoms with Gasteiger partial charge in [0.25, 0.3) is 0 Å². The molecule has 1 aromatic carbocycles. The van der Waals surface area contributed by atoms with E-state index in [1.807, 2.05) is 0 Å². The number of amides is 1. The molecule has 116 valence electrons. The van der Waals surface area contributed by atoms with E-state index in [0.717, 1.165) is 12.1 Å². The van der Waals surface area contributed by atoms with E-state index in [2.05, 4.69) is 11.9 Å². The van der Waals surface area contributed by atoms with Crippen LogP contribution < -0.4 is 5.32 Å². The smallest absolute Gasteiger partial charge is 0.380 e. The molecule has 0 bridgehead atoms. The number of halogens is 3. The Labute approximate surface area is 128 Å². The molecule has 3 nitrogen and oxygen atoms in total. The summed E-state index contributed by atoms with van der Waals surface area (Å²) in [6.07, 6.45) is -2.40. The highest BCUT2D eigenvalue weighted by atomic mass is 32.1. The van der Waals surface area contributed by atoms with E-state index >= 15 is 0 Å². The van der Waals surface area contributed by atoms with Crippen molar-refractivity contribution in [1.82, 2.24) is 4.90 Å². The van der Waals surface area contributed by atoms with Gasteiger partial charge in [0.2, 0.25) is 5.91 Å². The number of likely N-dealkylation sites (tertiary alicyclic amines) is 1. The van der Waals surface area contributed by atoms with Gasteiger partial charge in [-0.1, -0.05) is 12.6 Å². The highest BCUT2D eigenvalue weighted by molar-refractivity contribution is 7.59. The highest BCUT2D eigenvalue weighted by Gasteiger charge is 2.31. The number of hydrogen-bond acceptors (Lipinski definition) is 2. The highest BCUT2D eigenvalue weighted by Crippen LogP contribution is 2.31. The van der Waals surface area contributed by atoms with Crippen molar-refractivity contribution >= 4 is 25.1 Å². The van der Waals surface area contributed by atoms with Crippen molar-refractivity contribution in [2.45, 2.75) is 18.6 Å². The Morgan fingerprint density at radius 2 is 2.14 bits per heavy atom. The van der Waals surface area contributed by atoms with E-state index in [0.29, 0.717) is 25.2 Å². The number of alkyl halides is 3. The van der Waals surface area contributed by atoms with Crippen LogP contribution in [0.25, 0.3) is 0 Å². The molecule has 0 radical (unpaired) electrons. The first-order valence-electron chi connectivity index (χ1n) is 6.25. The summed E-state index contributed by atoms with van der Waals surface area (Å²) in [5.74, 6) is -0.154. The number of anilines is 1. The number of nitrogens with zero attached hydrogens (tertiary/aromatic N) is 1. The third kappa shape index (κ3) is 4.42. The van der Waals surface area contributed by atoms with Crippen LogP contribution in [0, 0.1) is 0 Å². The lowest BCUT2D eigenvalue weighted by atomic mass is 10.1. The number of benzene rings is 1. The second-order valence-corrected chi connectivity index (χ2v) is 4.70. The van der Waals surface area contributed by atoms with Gasteiger partial charge >= 0.3 is 6.18 Å². The van der Waals surface area contributed by atoms with E-state index in [1.54, 1.807) is 11.0 Å². The minimum atomic E-state index is -4.35. The van der Waals surface area contributed by atoms with Gasteiger partial charge in [-0.15, -0.1) is 0 Å². The Hall–Kier alpha value is -1.63. The van der Waals surface area contributed by atoms with Gasteiger partial charge in [-0.25, -0.2) is 0 Å². The molecular weight excluding hydrogens is 301 g/mol. The maximum absolute atomic E-state index is 12.6. The van der Waals surface area contributed by atoms with Crippen molar-refractivity contribution in [2.24, 2.45) is 0 Å². The van der Waals surface area contributed by atoms with Crippen LogP contribution in [0.4, 0.5) is 18.9 Å². The lowest BCUT2D eigenvalue weighted by Gasteiger charge is -2.17. The number of hydrogen-bond donors (Lipinski definition) is 1. The fourth-order valence-electron chi connectivity index (χ4n) is 2.23. The van der Waals surface area contributed by atoms with E-state index < -0.39 is 11.7 Å². The first kappa shape index (κ1) is 17.4. The normalized spacial score (nSPS) is 18.0. The molecule has 0 unspecified atom stereocenters. The lowest BCUT2D eigenvalue weighted by molar-refractivity contribution is -0.137. The molecule has 0 saturated carbocycles. The van der Waals surface area contributed by atoms with Crippen LogP contribution in [-0.2, 0) is 11.0 Å². The molecule has 1 saturated heterocycles. The predicted molar refractivity (Wildman–Crippen MR) is 80.6 cm³/mol. The predicted octanol–water partition coefficient (Wildman–Crippen LogP) is 3.02. The molecule has 7 heteroatoms. The number of nitrogens with one attached hydrogen (secondary N) is 1. The SMILES string of the molecule is C=CC(=O)N1CC[C@H](Nc2cccc(C(F)(F)F)c2)C1.S. The van der Waals surface area contributed by atoms with Crippen molar-refractivity contribution in [1.29, 1.82) is 0 Å². The van der Waals surface area contributed by atoms with Gasteiger partial charge in [-0.3, -0.25) is 4.79 Å². The minimum absolute atomic E-state index is 0. The third-order valence-corrected chi connectivity index (χ3v) is 3.24. The van der Waals surface area contributed by atoms with Crippen LogP contribution >= 0.6 is 13.5 Å². The molecule has 1 aliphatic rings. The van der Waals surface area contributed by atoms with Crippen LogP contribution in [0.1, 0.15) is 12.0 Å². The molecule has 1 N–H and O–H groups in total. The number of carbonyl (C=O) groups excluding carboxylic acids is 1. The van der Waals surface area contributed by atoms with Gasteiger partial charge in [-0.05, 0) is 30.7 Å². The van der Waals surface area contributed by atoms with E-state index in [9.17, 15) is 18.0 Å². The Morgan fingerprint density at radius 3 is 2.76 bits per heavy atom. The van der Waals surface area contributed by atoms with Crippen LogP contribution in [0.15, 0.2) is 36.9 Å². The van der Waals surface area contributed by atoms with Crippen LogP contribution in [-0.4, -0.2) is 29.9 Å². The zero-order valence-corrected chi connectivity index (χ0v) is 12.3. The van der Waals surface area contributed by atoms with Crippen molar-refractivity contribution in [3.63, 3.8) is 0 Å². The molecule has 1 atom stereocenters. The van der Waals surface area contributed by atoms with Gasteiger partial charge in [-0.2, -0.15) is 26.7 Å². The first-order chi connectivity index (χ1) is 9.40. The molecular formula is C14H17F3N2OS. The zero-order chi connectivity index (χ0) is 14.8. The standard InChI is InChI=1S/C14H15F3N2O.H2S/c1-2-13(20)19-7-6-12(9-19)18-11-5-3-4-10(8-11)14(15,16)17;/h2-5,8,12,18H,1,6-7,9H2;1H2/t12-;/m0./s1. The zero-order valence-electron chi connectivity index (χ0n) is 11.3.